The highest BCUT2D eigenvalue weighted by atomic mass is 35.5. The van der Waals surface area contributed by atoms with Gasteiger partial charge in [0.05, 0.1) is 12.8 Å². The summed E-state index contributed by atoms with van der Waals surface area (Å²) >= 11 is 5.90. The lowest BCUT2D eigenvalue weighted by Crippen LogP contribution is -2.40. The smallest absolute Gasteiger partial charge is 0.268 e. The lowest BCUT2D eigenvalue weighted by atomic mass is 10.2. The van der Waals surface area contributed by atoms with Gasteiger partial charge in [0.15, 0.2) is 0 Å². The van der Waals surface area contributed by atoms with E-state index in [1.165, 1.54) is 7.11 Å². The number of hydrogen-bond acceptors (Lipinski definition) is 4. The largest absolute Gasteiger partial charge is 0.495 e. The van der Waals surface area contributed by atoms with Crippen LogP contribution in [0.3, 0.4) is 0 Å². The predicted octanol–water partition coefficient (Wildman–Crippen LogP) is 4.48. The zero-order valence-electron chi connectivity index (χ0n) is 18.1. The summed E-state index contributed by atoms with van der Waals surface area (Å²) in [7, 11) is -2.67. The molecule has 0 aromatic heterocycles. The molecule has 1 amide bonds. The van der Waals surface area contributed by atoms with E-state index in [0.717, 1.165) is 21.0 Å². The van der Waals surface area contributed by atoms with E-state index in [2.05, 4.69) is 5.32 Å². The second-order valence-electron chi connectivity index (χ2n) is 7.40. The molecule has 0 bridgehead atoms. The van der Waals surface area contributed by atoms with Gasteiger partial charge in [-0.25, -0.2) is 8.42 Å². The second-order valence-corrected chi connectivity index (χ2v) is 9.67. The maximum absolute atomic E-state index is 13.6. The van der Waals surface area contributed by atoms with Gasteiger partial charge in [-0.1, -0.05) is 47.5 Å². The number of amides is 1. The van der Waals surface area contributed by atoms with Gasteiger partial charge in [0, 0.05) is 11.6 Å². The summed E-state index contributed by atoms with van der Waals surface area (Å²) in [6, 6.07) is 19.0. The van der Waals surface area contributed by atoms with E-state index < -0.39 is 15.9 Å². The number of methoxy groups -OCH3 is 1. The van der Waals surface area contributed by atoms with Gasteiger partial charge in [0.25, 0.3) is 10.0 Å². The summed E-state index contributed by atoms with van der Waals surface area (Å²) < 4.78 is 33.7. The molecule has 8 heteroatoms. The summed E-state index contributed by atoms with van der Waals surface area (Å²) in [5.74, 6) is -0.218. The predicted molar refractivity (Wildman–Crippen MR) is 127 cm³/mol. The minimum atomic E-state index is -4.09. The van der Waals surface area contributed by atoms with E-state index in [1.807, 2.05) is 6.92 Å². The molecule has 0 atom stereocenters. The van der Waals surface area contributed by atoms with Crippen molar-refractivity contribution in [1.82, 2.24) is 5.32 Å². The molecule has 3 aromatic rings. The van der Waals surface area contributed by atoms with E-state index in [4.69, 9.17) is 16.3 Å². The summed E-state index contributed by atoms with van der Waals surface area (Å²) in [5, 5.41) is 3.37. The number of aryl methyl sites for hydroxylation is 2. The maximum Gasteiger partial charge on any atom is 0.268 e. The monoisotopic (exact) mass is 472 g/mol. The highest BCUT2D eigenvalue weighted by Crippen LogP contribution is 2.31. The third kappa shape index (κ3) is 5.60. The number of sulfonamides is 1. The summed E-state index contributed by atoms with van der Waals surface area (Å²) in [5.41, 5.74) is 2.99. The fraction of sp³-hybridized carbons (Fsp3) is 0.208. The Hall–Kier alpha value is -3.03. The van der Waals surface area contributed by atoms with E-state index in [1.54, 1.807) is 73.7 Å². The van der Waals surface area contributed by atoms with Crippen LogP contribution in [0.25, 0.3) is 0 Å². The number of benzene rings is 3. The van der Waals surface area contributed by atoms with Crippen LogP contribution in [0.1, 0.15) is 16.7 Å². The van der Waals surface area contributed by atoms with Crippen LogP contribution < -0.4 is 14.4 Å². The molecule has 0 aliphatic heterocycles. The average Bonchev–Trinajstić information content (AvgIpc) is 2.77. The zero-order chi connectivity index (χ0) is 23.3. The Labute approximate surface area is 193 Å². The third-order valence-electron chi connectivity index (χ3n) is 4.90. The molecule has 1 N–H and O–H groups in total. The van der Waals surface area contributed by atoms with Crippen molar-refractivity contribution in [2.24, 2.45) is 0 Å². The minimum absolute atomic E-state index is 0.00563. The second kappa shape index (κ2) is 10.1. The van der Waals surface area contributed by atoms with Gasteiger partial charge in [-0.15, -0.1) is 0 Å². The first-order chi connectivity index (χ1) is 15.2. The molecule has 0 saturated heterocycles. The fourth-order valence-corrected chi connectivity index (χ4v) is 4.91. The molecule has 0 spiro atoms. The van der Waals surface area contributed by atoms with Crippen LogP contribution in [-0.2, 0) is 21.4 Å². The standard InChI is InChI=1S/C24H25ClN2O4S/c1-17-4-11-21(12-5-17)27(16-24(28)26-15-19-7-9-20(25)10-8-19)32(29,30)23-14-18(2)6-13-22(23)31-3/h4-14H,15-16H2,1-3H3,(H,26,28). The van der Waals surface area contributed by atoms with Crippen LogP contribution >= 0.6 is 11.6 Å². The zero-order valence-corrected chi connectivity index (χ0v) is 19.7. The molecular weight excluding hydrogens is 448 g/mol. The Morgan fingerprint density at radius 3 is 2.22 bits per heavy atom. The molecule has 0 aliphatic rings. The number of halogens is 1. The number of nitrogens with one attached hydrogen (secondary N) is 1. The van der Waals surface area contributed by atoms with Gasteiger partial charge in [-0.3, -0.25) is 9.10 Å². The molecule has 3 rings (SSSR count). The number of ether oxygens (including phenoxy) is 1. The molecular formula is C24H25ClN2O4S. The molecule has 0 aliphatic carbocycles. The first-order valence-electron chi connectivity index (χ1n) is 9.96. The van der Waals surface area contributed by atoms with Crippen LogP contribution in [0.15, 0.2) is 71.6 Å². The van der Waals surface area contributed by atoms with Crippen molar-refractivity contribution in [3.8, 4) is 5.75 Å². The van der Waals surface area contributed by atoms with Gasteiger partial charge in [-0.2, -0.15) is 0 Å². The molecule has 0 radical (unpaired) electrons. The van der Waals surface area contributed by atoms with Crippen LogP contribution in [0.5, 0.6) is 5.75 Å². The number of carbonyl (C=O) groups excluding carboxylic acids is 1. The first kappa shape index (κ1) is 23.6. The van der Waals surface area contributed by atoms with Gasteiger partial charge < -0.3 is 10.1 Å². The molecule has 0 fully saturated rings. The number of carbonyl (C=O) groups is 1. The van der Waals surface area contributed by atoms with E-state index in [0.29, 0.717) is 10.7 Å². The molecule has 32 heavy (non-hydrogen) atoms. The number of nitrogens with zero attached hydrogens (tertiary/aromatic N) is 1. The van der Waals surface area contributed by atoms with E-state index in [9.17, 15) is 13.2 Å². The Morgan fingerprint density at radius 2 is 1.59 bits per heavy atom. The summed E-state index contributed by atoms with van der Waals surface area (Å²) in [6.07, 6.45) is 0. The van der Waals surface area contributed by atoms with Gasteiger partial charge in [0.1, 0.15) is 17.2 Å². The molecule has 0 unspecified atom stereocenters. The summed E-state index contributed by atoms with van der Waals surface area (Å²) in [6.45, 7) is 3.58. The van der Waals surface area contributed by atoms with Crippen LogP contribution in [0.2, 0.25) is 5.02 Å². The fourth-order valence-electron chi connectivity index (χ4n) is 3.12. The lowest BCUT2D eigenvalue weighted by Gasteiger charge is -2.25. The Kier molecular flexibility index (Phi) is 7.43. The molecule has 3 aromatic carbocycles. The Morgan fingerprint density at radius 1 is 0.969 bits per heavy atom. The summed E-state index contributed by atoms with van der Waals surface area (Å²) in [4.78, 5) is 12.8. The van der Waals surface area contributed by atoms with Crippen LogP contribution in [0, 0.1) is 13.8 Å². The SMILES string of the molecule is COc1ccc(C)cc1S(=O)(=O)N(CC(=O)NCc1ccc(Cl)cc1)c1ccc(C)cc1. The third-order valence-corrected chi connectivity index (χ3v) is 6.95. The minimum Gasteiger partial charge on any atom is -0.495 e. The van der Waals surface area contributed by atoms with Crippen LogP contribution in [-0.4, -0.2) is 28.0 Å². The van der Waals surface area contributed by atoms with Gasteiger partial charge in [-0.05, 0) is 61.4 Å². The van der Waals surface area contributed by atoms with Gasteiger partial charge >= 0.3 is 0 Å². The number of anilines is 1. The quantitative estimate of drug-likeness (QED) is 0.524. The van der Waals surface area contributed by atoms with Crippen molar-refractivity contribution in [2.75, 3.05) is 18.0 Å². The lowest BCUT2D eigenvalue weighted by molar-refractivity contribution is -0.119. The van der Waals surface area contributed by atoms with Gasteiger partial charge in [0.2, 0.25) is 5.91 Å². The van der Waals surface area contributed by atoms with Crippen molar-refractivity contribution < 1.29 is 17.9 Å². The normalized spacial score (nSPS) is 11.1. The van der Waals surface area contributed by atoms with E-state index >= 15 is 0 Å². The topological polar surface area (TPSA) is 75.7 Å². The Bertz CT molecular complexity index is 1190. The van der Waals surface area contributed by atoms with Crippen molar-refractivity contribution in [1.29, 1.82) is 0 Å². The average molecular weight is 473 g/mol. The molecule has 168 valence electrons. The molecule has 6 nitrogen and oxygen atoms in total. The highest BCUT2D eigenvalue weighted by molar-refractivity contribution is 7.93. The molecule has 0 heterocycles. The number of hydrogen-bond donors (Lipinski definition) is 1. The molecule has 0 saturated carbocycles. The van der Waals surface area contributed by atoms with Crippen molar-refractivity contribution in [3.63, 3.8) is 0 Å². The highest BCUT2D eigenvalue weighted by Gasteiger charge is 2.30. The van der Waals surface area contributed by atoms with Crippen molar-refractivity contribution in [3.05, 3.63) is 88.4 Å². The maximum atomic E-state index is 13.6. The van der Waals surface area contributed by atoms with Crippen molar-refractivity contribution in [2.45, 2.75) is 25.3 Å². The first-order valence-corrected chi connectivity index (χ1v) is 11.8. The van der Waals surface area contributed by atoms with E-state index in [-0.39, 0.29) is 23.7 Å². The number of rotatable bonds is 8. The van der Waals surface area contributed by atoms with Crippen molar-refractivity contribution >= 4 is 33.2 Å². The van der Waals surface area contributed by atoms with Crippen LogP contribution in [0.4, 0.5) is 5.69 Å². The Balaban J connectivity index is 1.92.